The largest absolute Gasteiger partial charge is 0.325 e. The van der Waals surface area contributed by atoms with E-state index in [1.54, 1.807) is 24.3 Å². The number of amides is 1. The van der Waals surface area contributed by atoms with Gasteiger partial charge in [-0.15, -0.1) is 10.2 Å². The lowest BCUT2D eigenvalue weighted by Crippen LogP contribution is -2.28. The van der Waals surface area contributed by atoms with Crippen LogP contribution >= 0.6 is 11.8 Å². The van der Waals surface area contributed by atoms with E-state index in [1.165, 1.54) is 35.3 Å². The third kappa shape index (κ3) is 5.02. The van der Waals surface area contributed by atoms with Crippen LogP contribution in [0.15, 0.2) is 34.3 Å². The summed E-state index contributed by atoms with van der Waals surface area (Å²) in [6, 6.07) is 6.82. The zero-order valence-electron chi connectivity index (χ0n) is 18.7. The van der Waals surface area contributed by atoms with Crippen molar-refractivity contribution in [2.75, 3.05) is 18.4 Å². The molecule has 1 aromatic carbocycles. The number of nitrogens with one attached hydrogen (secondary N) is 1. The molecule has 1 N–H and O–H groups in total. The molecule has 1 saturated heterocycles. The van der Waals surface area contributed by atoms with Crippen LogP contribution in [-0.4, -0.2) is 51.7 Å². The minimum Gasteiger partial charge on any atom is -0.325 e. The Morgan fingerprint density at radius 1 is 1.06 bits per heavy atom. The second kappa shape index (κ2) is 9.93. The van der Waals surface area contributed by atoms with Gasteiger partial charge in [0.25, 0.3) is 0 Å². The van der Waals surface area contributed by atoms with Crippen molar-refractivity contribution in [3.63, 3.8) is 0 Å². The number of aromatic nitrogens is 3. The molecule has 2 heterocycles. The smallest absolute Gasteiger partial charge is 0.243 e. The summed E-state index contributed by atoms with van der Waals surface area (Å²) in [4.78, 5) is 13.0. The highest BCUT2D eigenvalue weighted by molar-refractivity contribution is 8.00. The van der Waals surface area contributed by atoms with Crippen molar-refractivity contribution in [1.82, 2.24) is 19.1 Å². The van der Waals surface area contributed by atoms with E-state index in [2.05, 4.69) is 20.1 Å². The number of sulfonamides is 1. The molecule has 4 rings (SSSR count). The van der Waals surface area contributed by atoms with Gasteiger partial charge >= 0.3 is 0 Å². The number of hydrogen-bond donors (Lipinski definition) is 1. The molecular formula is C22H31N5O3S2. The quantitative estimate of drug-likeness (QED) is 0.606. The van der Waals surface area contributed by atoms with E-state index < -0.39 is 10.0 Å². The third-order valence-electron chi connectivity index (χ3n) is 6.25. The van der Waals surface area contributed by atoms with Crippen LogP contribution in [-0.2, 0) is 14.8 Å². The van der Waals surface area contributed by atoms with Gasteiger partial charge in [-0.05, 0) is 63.8 Å². The minimum atomic E-state index is -3.46. The van der Waals surface area contributed by atoms with Gasteiger partial charge in [-0.25, -0.2) is 8.42 Å². The summed E-state index contributed by atoms with van der Waals surface area (Å²) in [6.45, 7) is 4.95. The number of thioether (sulfide) groups is 1. The lowest BCUT2D eigenvalue weighted by atomic mass is 9.95. The van der Waals surface area contributed by atoms with Crippen molar-refractivity contribution in [3.8, 4) is 0 Å². The molecule has 0 radical (unpaired) electrons. The van der Waals surface area contributed by atoms with Crippen molar-refractivity contribution < 1.29 is 13.2 Å². The maximum absolute atomic E-state index is 12.8. The van der Waals surface area contributed by atoms with Gasteiger partial charge in [0.1, 0.15) is 5.82 Å². The molecule has 0 spiro atoms. The molecule has 2 aliphatic rings. The average Bonchev–Trinajstić information content (AvgIpc) is 3.45. The van der Waals surface area contributed by atoms with Crippen LogP contribution in [0.25, 0.3) is 0 Å². The number of nitrogens with zero attached hydrogens (tertiary/aromatic N) is 4. The lowest BCUT2D eigenvalue weighted by Gasteiger charge is -2.25. The minimum absolute atomic E-state index is 0.152. The van der Waals surface area contributed by atoms with E-state index in [1.807, 2.05) is 13.8 Å². The molecule has 10 heteroatoms. The topological polar surface area (TPSA) is 97.2 Å². The number of rotatable bonds is 7. The van der Waals surface area contributed by atoms with Gasteiger partial charge in [0.05, 0.1) is 10.1 Å². The first-order valence-corrected chi connectivity index (χ1v) is 13.7. The number of hydrogen-bond acceptors (Lipinski definition) is 6. The van der Waals surface area contributed by atoms with Crippen LogP contribution in [0.1, 0.15) is 63.7 Å². The maximum atomic E-state index is 12.8. The number of carbonyl (C=O) groups is 1. The lowest BCUT2D eigenvalue weighted by molar-refractivity contribution is -0.115. The third-order valence-corrected chi connectivity index (χ3v) is 9.22. The van der Waals surface area contributed by atoms with Crippen LogP contribution in [0.4, 0.5) is 5.69 Å². The van der Waals surface area contributed by atoms with Gasteiger partial charge in [-0.1, -0.05) is 31.0 Å². The summed E-state index contributed by atoms with van der Waals surface area (Å²) in [6.07, 6.45) is 7.75. The van der Waals surface area contributed by atoms with E-state index >= 15 is 0 Å². The molecule has 1 atom stereocenters. The molecule has 1 aliphatic heterocycles. The highest BCUT2D eigenvalue weighted by Crippen LogP contribution is 2.34. The summed E-state index contributed by atoms with van der Waals surface area (Å²) in [5.41, 5.74) is 0.577. The zero-order chi connectivity index (χ0) is 22.7. The SMILES string of the molecule is Cc1nnc(S[C@H](C)C(=O)Nc2ccc(S(=O)(=O)N3CCCC3)cc2)n1C1CCCCC1. The second-order valence-corrected chi connectivity index (χ2v) is 11.8. The highest BCUT2D eigenvalue weighted by atomic mass is 32.2. The number of carbonyl (C=O) groups excluding carboxylic acids is 1. The summed E-state index contributed by atoms with van der Waals surface area (Å²) in [5, 5.41) is 11.9. The van der Waals surface area contributed by atoms with E-state index in [0.29, 0.717) is 24.8 Å². The Bertz CT molecular complexity index is 1040. The average molecular weight is 478 g/mol. The van der Waals surface area contributed by atoms with Crippen molar-refractivity contribution in [2.45, 2.75) is 80.1 Å². The molecule has 0 bridgehead atoms. The predicted molar refractivity (Wildman–Crippen MR) is 125 cm³/mol. The van der Waals surface area contributed by atoms with Crippen LogP contribution in [0.2, 0.25) is 0 Å². The number of aryl methyl sites for hydroxylation is 1. The van der Waals surface area contributed by atoms with Gasteiger partial charge in [-0.2, -0.15) is 4.31 Å². The molecule has 1 saturated carbocycles. The van der Waals surface area contributed by atoms with Crippen molar-refractivity contribution in [3.05, 3.63) is 30.1 Å². The maximum Gasteiger partial charge on any atom is 0.243 e. The van der Waals surface area contributed by atoms with Crippen LogP contribution in [0.5, 0.6) is 0 Å². The van der Waals surface area contributed by atoms with Gasteiger partial charge in [0.15, 0.2) is 5.16 Å². The fourth-order valence-corrected chi connectivity index (χ4v) is 6.92. The molecule has 32 heavy (non-hydrogen) atoms. The summed E-state index contributed by atoms with van der Waals surface area (Å²) >= 11 is 1.41. The Labute approximate surface area is 194 Å². The van der Waals surface area contributed by atoms with Crippen LogP contribution in [0, 0.1) is 6.92 Å². The first-order chi connectivity index (χ1) is 15.4. The summed E-state index contributed by atoms with van der Waals surface area (Å²) in [5.74, 6) is 0.739. The van der Waals surface area contributed by atoms with E-state index in [0.717, 1.165) is 36.7 Å². The first-order valence-electron chi connectivity index (χ1n) is 11.4. The molecule has 0 unspecified atom stereocenters. The monoisotopic (exact) mass is 477 g/mol. The number of anilines is 1. The molecule has 1 aliphatic carbocycles. The van der Waals surface area contributed by atoms with Gasteiger partial charge in [0.2, 0.25) is 15.9 Å². The molecule has 8 nitrogen and oxygen atoms in total. The Kier molecular flexibility index (Phi) is 7.21. The first kappa shape index (κ1) is 23.3. The normalized spacial score (nSPS) is 19.2. The Morgan fingerprint density at radius 2 is 1.72 bits per heavy atom. The summed E-state index contributed by atoms with van der Waals surface area (Å²) in [7, 11) is -3.46. The van der Waals surface area contributed by atoms with Crippen LogP contribution < -0.4 is 5.32 Å². The molecule has 1 aromatic heterocycles. The molecular weight excluding hydrogens is 446 g/mol. The molecule has 2 fully saturated rings. The zero-order valence-corrected chi connectivity index (χ0v) is 20.3. The van der Waals surface area contributed by atoms with E-state index in [4.69, 9.17) is 0 Å². The van der Waals surface area contributed by atoms with Crippen molar-refractivity contribution >= 4 is 33.4 Å². The Balaban J connectivity index is 1.39. The Morgan fingerprint density at radius 3 is 2.38 bits per heavy atom. The fraction of sp³-hybridized carbons (Fsp3) is 0.591. The van der Waals surface area contributed by atoms with Gasteiger partial charge in [-0.3, -0.25) is 4.79 Å². The van der Waals surface area contributed by atoms with Gasteiger partial charge < -0.3 is 9.88 Å². The Hall–Kier alpha value is -1.91. The summed E-state index contributed by atoms with van der Waals surface area (Å²) < 4.78 is 29.0. The number of benzene rings is 1. The second-order valence-electron chi connectivity index (χ2n) is 8.58. The van der Waals surface area contributed by atoms with Crippen LogP contribution in [0.3, 0.4) is 0 Å². The predicted octanol–water partition coefficient (Wildman–Crippen LogP) is 4.00. The fourth-order valence-electron chi connectivity index (χ4n) is 4.43. The molecule has 174 valence electrons. The van der Waals surface area contributed by atoms with Crippen molar-refractivity contribution in [2.24, 2.45) is 0 Å². The van der Waals surface area contributed by atoms with E-state index in [-0.39, 0.29) is 16.1 Å². The van der Waals surface area contributed by atoms with Crippen molar-refractivity contribution in [1.29, 1.82) is 0 Å². The molecule has 1 amide bonds. The van der Waals surface area contributed by atoms with E-state index in [9.17, 15) is 13.2 Å². The van der Waals surface area contributed by atoms with Gasteiger partial charge in [0, 0.05) is 24.8 Å². The molecule has 2 aromatic rings. The highest BCUT2D eigenvalue weighted by Gasteiger charge is 2.27. The standard InChI is InChI=1S/C22H31N5O3S2/c1-16(31-22-25-24-17(2)27(22)19-8-4-3-5-9-19)21(28)23-18-10-12-20(13-11-18)32(29,30)26-14-6-7-15-26/h10-13,16,19H,3-9,14-15H2,1-2H3,(H,23,28)/t16-/m1/s1.